The molecule has 0 fully saturated rings. The molecule has 0 radical (unpaired) electrons. The number of aromatic nitrogens is 2. The van der Waals surface area contributed by atoms with E-state index in [0.29, 0.717) is 5.92 Å². The third-order valence-electron chi connectivity index (χ3n) is 6.68. The van der Waals surface area contributed by atoms with E-state index in [1.807, 2.05) is 0 Å². The lowest BCUT2D eigenvalue weighted by molar-refractivity contribution is -0.925. The van der Waals surface area contributed by atoms with Crippen LogP contribution in [-0.2, 0) is 12.8 Å². The minimum Gasteiger partial charge on any atom is -0.323 e. The lowest BCUT2D eigenvalue weighted by Crippen LogP contribution is -3.12. The molecule has 3 atom stereocenters. The summed E-state index contributed by atoms with van der Waals surface area (Å²) >= 11 is 1.74. The van der Waals surface area contributed by atoms with Crippen LogP contribution in [0.2, 0.25) is 0 Å². The molecule has 5 rings (SSSR count). The summed E-state index contributed by atoms with van der Waals surface area (Å²) < 4.78 is 0. The highest BCUT2D eigenvalue weighted by Gasteiger charge is 2.27. The molecular formula is C24H28N3OS+. The van der Waals surface area contributed by atoms with Crippen LogP contribution in [0, 0.1) is 5.92 Å². The lowest BCUT2D eigenvalue weighted by Gasteiger charge is -2.28. The van der Waals surface area contributed by atoms with Gasteiger partial charge in [-0.3, -0.25) is 4.79 Å². The number of hydrogen-bond donors (Lipinski definition) is 2. The van der Waals surface area contributed by atoms with Crippen molar-refractivity contribution < 1.29 is 4.90 Å². The number of aromatic amines is 1. The Hall–Kier alpha value is -2.24. The second-order valence-electron chi connectivity index (χ2n) is 8.66. The zero-order valence-electron chi connectivity index (χ0n) is 17.1. The zero-order valence-corrected chi connectivity index (χ0v) is 17.9. The van der Waals surface area contributed by atoms with E-state index in [2.05, 4.69) is 55.2 Å². The number of quaternary nitrogens is 1. The van der Waals surface area contributed by atoms with Gasteiger partial charge in [0.25, 0.3) is 5.56 Å². The second-order valence-corrected chi connectivity index (χ2v) is 9.75. The number of aryl methyl sites for hydroxylation is 1. The van der Waals surface area contributed by atoms with Crippen molar-refractivity contribution in [2.75, 3.05) is 13.1 Å². The van der Waals surface area contributed by atoms with Crippen LogP contribution in [0.3, 0.4) is 0 Å². The SMILES string of the molecule is C[C@H]1CCc2c(sc3nc([C@H](C)[NH+]4CC=C(c5ccccc5)CC4)[nH]c(=O)c23)C1. The van der Waals surface area contributed by atoms with E-state index < -0.39 is 0 Å². The molecule has 0 amide bonds. The fourth-order valence-electron chi connectivity index (χ4n) is 4.83. The molecule has 3 aromatic rings. The number of fused-ring (bicyclic) bond motifs is 3. The second kappa shape index (κ2) is 7.54. The van der Waals surface area contributed by atoms with Crippen molar-refractivity contribution in [2.24, 2.45) is 5.92 Å². The van der Waals surface area contributed by atoms with Crippen LogP contribution in [-0.4, -0.2) is 23.1 Å². The maximum Gasteiger partial charge on any atom is 0.260 e. The molecule has 0 saturated heterocycles. The summed E-state index contributed by atoms with van der Waals surface area (Å²) in [5, 5.41) is 0.854. The summed E-state index contributed by atoms with van der Waals surface area (Å²) in [5.74, 6) is 1.54. The van der Waals surface area contributed by atoms with Crippen LogP contribution in [0.15, 0.2) is 41.2 Å². The van der Waals surface area contributed by atoms with Crippen LogP contribution < -0.4 is 10.5 Å². The van der Waals surface area contributed by atoms with Crippen molar-refractivity contribution in [3.05, 3.63) is 68.6 Å². The quantitative estimate of drug-likeness (QED) is 0.699. The Balaban J connectivity index is 1.41. The van der Waals surface area contributed by atoms with Crippen molar-refractivity contribution in [1.29, 1.82) is 0 Å². The molecule has 2 aliphatic rings. The van der Waals surface area contributed by atoms with Crippen LogP contribution in [0.25, 0.3) is 15.8 Å². The number of thiophene rings is 1. The first kappa shape index (κ1) is 18.8. The lowest BCUT2D eigenvalue weighted by atomic mass is 9.89. The predicted molar refractivity (Wildman–Crippen MR) is 120 cm³/mol. The molecule has 1 aliphatic carbocycles. The van der Waals surface area contributed by atoms with Crippen molar-refractivity contribution in [2.45, 2.75) is 45.6 Å². The van der Waals surface area contributed by atoms with Crippen LogP contribution in [0.1, 0.15) is 54.6 Å². The van der Waals surface area contributed by atoms with E-state index in [1.54, 1.807) is 11.3 Å². The molecule has 150 valence electrons. The molecule has 3 heterocycles. The van der Waals surface area contributed by atoms with Gasteiger partial charge in [0.1, 0.15) is 10.9 Å². The highest BCUT2D eigenvalue weighted by atomic mass is 32.1. The molecule has 5 heteroatoms. The number of H-pyrrole nitrogens is 1. The van der Waals surface area contributed by atoms with E-state index in [-0.39, 0.29) is 11.6 Å². The molecule has 1 unspecified atom stereocenters. The Bertz CT molecular complexity index is 1130. The summed E-state index contributed by atoms with van der Waals surface area (Å²) in [6.07, 6.45) is 6.68. The monoisotopic (exact) mass is 406 g/mol. The fourth-order valence-corrected chi connectivity index (χ4v) is 6.22. The molecule has 4 nitrogen and oxygen atoms in total. The van der Waals surface area contributed by atoms with Gasteiger partial charge in [-0.2, -0.15) is 0 Å². The van der Waals surface area contributed by atoms with Gasteiger partial charge < -0.3 is 9.88 Å². The van der Waals surface area contributed by atoms with Gasteiger partial charge in [-0.25, -0.2) is 4.98 Å². The zero-order chi connectivity index (χ0) is 20.0. The summed E-state index contributed by atoms with van der Waals surface area (Å²) in [6.45, 7) is 6.51. The molecule has 0 saturated carbocycles. The van der Waals surface area contributed by atoms with Crippen molar-refractivity contribution in [1.82, 2.24) is 9.97 Å². The molecule has 29 heavy (non-hydrogen) atoms. The third-order valence-corrected chi connectivity index (χ3v) is 7.83. The van der Waals surface area contributed by atoms with Gasteiger partial charge in [-0.05, 0) is 54.9 Å². The minimum atomic E-state index is 0.0563. The normalized spacial score (nSPS) is 22.9. The summed E-state index contributed by atoms with van der Waals surface area (Å²) in [5.41, 5.74) is 4.07. The Morgan fingerprint density at radius 3 is 2.83 bits per heavy atom. The standard InChI is InChI=1S/C24H27N3OS/c1-15-8-9-19-20(14-15)29-24-21(19)23(28)25-22(26-24)16(2)27-12-10-18(11-13-27)17-6-4-3-5-7-17/h3-7,10,15-16H,8-9,11-14H2,1-2H3,(H,25,26,28)/p+1/t15-,16-/m0/s1. The van der Waals surface area contributed by atoms with Gasteiger partial charge in [0, 0.05) is 11.3 Å². The molecule has 1 aromatic carbocycles. The number of nitrogens with zero attached hydrogens (tertiary/aromatic N) is 1. The van der Waals surface area contributed by atoms with Gasteiger partial charge in [-0.1, -0.05) is 37.3 Å². The number of hydrogen-bond acceptors (Lipinski definition) is 3. The molecule has 0 spiro atoms. The Kier molecular flexibility index (Phi) is 4.88. The topological polar surface area (TPSA) is 50.2 Å². The molecule has 0 bridgehead atoms. The average Bonchev–Trinajstić information content (AvgIpc) is 3.11. The maximum atomic E-state index is 12.9. The maximum absolute atomic E-state index is 12.9. The van der Waals surface area contributed by atoms with Crippen LogP contribution in [0.5, 0.6) is 0 Å². The summed E-state index contributed by atoms with van der Waals surface area (Å²) in [4.78, 5) is 24.8. The molecule has 2 aromatic heterocycles. The Morgan fingerprint density at radius 2 is 2.07 bits per heavy atom. The van der Waals surface area contributed by atoms with E-state index >= 15 is 0 Å². The Labute approximate surface area is 175 Å². The van der Waals surface area contributed by atoms with Crippen LogP contribution in [0.4, 0.5) is 0 Å². The minimum absolute atomic E-state index is 0.0563. The number of rotatable bonds is 3. The number of nitrogens with one attached hydrogen (secondary N) is 2. The first-order valence-corrected chi connectivity index (χ1v) is 11.6. The van der Waals surface area contributed by atoms with Crippen LogP contribution >= 0.6 is 11.3 Å². The molecule has 1 aliphatic heterocycles. The summed E-state index contributed by atoms with van der Waals surface area (Å²) in [6, 6.07) is 10.8. The van der Waals surface area contributed by atoms with Gasteiger partial charge >= 0.3 is 0 Å². The predicted octanol–water partition coefficient (Wildman–Crippen LogP) is 3.54. The van der Waals surface area contributed by atoms with E-state index in [4.69, 9.17) is 4.98 Å². The van der Waals surface area contributed by atoms with Gasteiger partial charge in [0.05, 0.1) is 18.5 Å². The smallest absolute Gasteiger partial charge is 0.260 e. The average molecular weight is 407 g/mol. The first-order chi connectivity index (χ1) is 14.1. The van der Waals surface area contributed by atoms with Gasteiger partial charge in [0.15, 0.2) is 5.82 Å². The summed E-state index contributed by atoms with van der Waals surface area (Å²) in [7, 11) is 0. The highest BCUT2D eigenvalue weighted by Crippen LogP contribution is 2.35. The van der Waals surface area contributed by atoms with Crippen molar-refractivity contribution >= 4 is 27.1 Å². The van der Waals surface area contributed by atoms with Gasteiger partial charge in [0.2, 0.25) is 0 Å². The fraction of sp³-hybridized carbons (Fsp3) is 0.417. The van der Waals surface area contributed by atoms with Gasteiger partial charge in [-0.15, -0.1) is 11.3 Å². The first-order valence-electron chi connectivity index (χ1n) is 10.7. The number of benzene rings is 1. The van der Waals surface area contributed by atoms with E-state index in [9.17, 15) is 4.79 Å². The molecule has 2 N–H and O–H groups in total. The highest BCUT2D eigenvalue weighted by molar-refractivity contribution is 7.18. The Morgan fingerprint density at radius 1 is 1.24 bits per heavy atom. The molecular weight excluding hydrogens is 378 g/mol. The van der Waals surface area contributed by atoms with Crippen molar-refractivity contribution in [3.63, 3.8) is 0 Å². The largest absolute Gasteiger partial charge is 0.323 e. The van der Waals surface area contributed by atoms with E-state index in [1.165, 1.54) is 32.9 Å². The third kappa shape index (κ3) is 3.47. The van der Waals surface area contributed by atoms with Crippen molar-refractivity contribution in [3.8, 4) is 0 Å². The van der Waals surface area contributed by atoms with E-state index in [0.717, 1.165) is 48.4 Å².